The minimum Gasteiger partial charge on any atom is -0.748 e. The first-order valence-electron chi connectivity index (χ1n) is 9.27. The van der Waals surface area contributed by atoms with Crippen LogP contribution in [0.1, 0.15) is 73.0 Å². The summed E-state index contributed by atoms with van der Waals surface area (Å²) in [6.45, 7) is 2.13. The van der Waals surface area contributed by atoms with Crippen LogP contribution in [-0.2, 0) is 19.7 Å². The van der Waals surface area contributed by atoms with Gasteiger partial charge in [-0.2, -0.15) is 0 Å². The number of nitrogens with one attached hydrogen (secondary N) is 2. The Labute approximate surface area is 175 Å². The number of hydrogen-bond acceptors (Lipinski definition) is 5. The zero-order valence-corrected chi connectivity index (χ0v) is 18.3. The molecule has 142 valence electrons. The molecular weight excluding hydrogens is 355 g/mol. The maximum atomic E-state index is 11.8. The molecule has 9 heteroatoms. The molecule has 7 nitrogen and oxygen atoms in total. The molecule has 0 fully saturated rings. The van der Waals surface area contributed by atoms with Crippen molar-refractivity contribution in [1.82, 2.24) is 10.6 Å². The standard InChI is InChI=1S/C16H32N2O5S.Na/c1-3-4-5-6-7-8-9-11-15(19)18-14(2)16(20)17-12-10-13-24(21,22)23;/h14H,3-13H2,1-2H3,(H,17,20)(H,18,19)(H,21,22,23);/q;+1/p-1/t14-;/m0./s1/i1D;. The topological polar surface area (TPSA) is 115 Å². The van der Waals surface area contributed by atoms with Gasteiger partial charge in [-0.25, -0.2) is 8.42 Å². The number of carbonyl (C=O) groups is 2. The molecule has 0 aromatic carbocycles. The first kappa shape index (κ1) is 24.8. The summed E-state index contributed by atoms with van der Waals surface area (Å²) in [6, 6.07) is -0.693. The third kappa shape index (κ3) is 18.4. The molecule has 0 aliphatic rings. The Kier molecular flexibility index (Phi) is 16.0. The van der Waals surface area contributed by atoms with E-state index >= 15 is 0 Å². The van der Waals surface area contributed by atoms with E-state index in [0.29, 0.717) is 13.3 Å². The van der Waals surface area contributed by atoms with Crippen LogP contribution in [-0.4, -0.2) is 43.1 Å². The van der Waals surface area contributed by atoms with E-state index in [1.165, 1.54) is 0 Å². The van der Waals surface area contributed by atoms with Gasteiger partial charge in [0.2, 0.25) is 11.8 Å². The van der Waals surface area contributed by atoms with E-state index in [-0.39, 0.29) is 48.4 Å². The average Bonchev–Trinajstić information content (AvgIpc) is 2.52. The van der Waals surface area contributed by atoms with Crippen LogP contribution < -0.4 is 40.2 Å². The molecule has 0 aliphatic carbocycles. The van der Waals surface area contributed by atoms with E-state index in [9.17, 15) is 22.6 Å². The zero-order valence-electron chi connectivity index (χ0n) is 16.5. The molecule has 0 aromatic rings. The summed E-state index contributed by atoms with van der Waals surface area (Å²) in [5.74, 6) is -1.10. The molecule has 0 aliphatic heterocycles. The molecule has 1 atom stereocenters. The molecule has 0 radical (unpaired) electrons. The first-order chi connectivity index (χ1) is 11.8. The van der Waals surface area contributed by atoms with Gasteiger partial charge >= 0.3 is 29.6 Å². The third-order valence-corrected chi connectivity index (χ3v) is 4.33. The van der Waals surface area contributed by atoms with Crippen LogP contribution in [0.5, 0.6) is 0 Å². The van der Waals surface area contributed by atoms with Crippen molar-refractivity contribution >= 4 is 21.9 Å². The van der Waals surface area contributed by atoms with E-state index in [1.54, 1.807) is 6.92 Å². The summed E-state index contributed by atoms with van der Waals surface area (Å²) in [6.07, 6.45) is 7.56. The Morgan fingerprint density at radius 3 is 2.28 bits per heavy atom. The molecule has 0 rings (SSSR count). The number of hydrogen-bond donors (Lipinski definition) is 2. The van der Waals surface area contributed by atoms with Crippen LogP contribution in [0, 0.1) is 0 Å². The van der Waals surface area contributed by atoms with E-state index < -0.39 is 27.8 Å². The van der Waals surface area contributed by atoms with Crippen LogP contribution in [0.4, 0.5) is 0 Å². The van der Waals surface area contributed by atoms with Gasteiger partial charge in [-0.05, 0) is 19.8 Å². The molecule has 0 heterocycles. The molecule has 0 saturated carbocycles. The molecule has 0 bridgehead atoms. The normalized spacial score (nSPS) is 12.6. The maximum Gasteiger partial charge on any atom is 1.00 e. The molecule has 25 heavy (non-hydrogen) atoms. The summed E-state index contributed by atoms with van der Waals surface area (Å²) < 4.78 is 38.3. The number of carbonyl (C=O) groups excluding carboxylic acids is 2. The fourth-order valence-corrected chi connectivity index (χ4v) is 2.66. The smallest absolute Gasteiger partial charge is 0.748 e. The predicted octanol–water partition coefficient (Wildman–Crippen LogP) is -1.31. The Morgan fingerprint density at radius 2 is 1.68 bits per heavy atom. The fourth-order valence-electron chi connectivity index (χ4n) is 2.16. The van der Waals surface area contributed by atoms with Crippen molar-refractivity contribution < 1.29 is 53.5 Å². The van der Waals surface area contributed by atoms with Gasteiger partial charge in [0.05, 0.1) is 10.1 Å². The SMILES string of the molecule is [2H]CCCCCCCCCC(=O)N[C@@H](C)C(=O)NCCCS(=O)(=O)[O-].[Na+]. The quantitative estimate of drug-likeness (QED) is 0.218. The minimum atomic E-state index is -4.26. The Bertz CT molecular complexity index is 491. The van der Waals surface area contributed by atoms with Crippen molar-refractivity contribution in [3.05, 3.63) is 0 Å². The van der Waals surface area contributed by atoms with Gasteiger partial charge in [0.15, 0.2) is 0 Å². The third-order valence-electron chi connectivity index (χ3n) is 3.54. The van der Waals surface area contributed by atoms with E-state index in [0.717, 1.165) is 44.9 Å². The Balaban J connectivity index is 0. The average molecular weight is 387 g/mol. The molecule has 0 unspecified atom stereocenters. The summed E-state index contributed by atoms with van der Waals surface area (Å²) in [5, 5.41) is 5.09. The molecular formula is C16H31N2NaO5S. The van der Waals surface area contributed by atoms with E-state index in [1.807, 2.05) is 0 Å². The molecule has 2 N–H and O–H groups in total. The van der Waals surface area contributed by atoms with Crippen LogP contribution >= 0.6 is 0 Å². The van der Waals surface area contributed by atoms with Crippen molar-refractivity contribution in [2.45, 2.75) is 77.7 Å². The number of amides is 2. The summed E-state index contributed by atoms with van der Waals surface area (Å²) in [5.41, 5.74) is 0. The first-order valence-corrected chi connectivity index (χ1v) is 10.1. The van der Waals surface area contributed by atoms with Crippen molar-refractivity contribution in [1.29, 1.82) is 0 Å². The molecule has 0 spiro atoms. The molecule has 0 aromatic heterocycles. The second-order valence-electron chi connectivity index (χ2n) is 5.92. The van der Waals surface area contributed by atoms with Gasteiger partial charge in [-0.15, -0.1) is 0 Å². The maximum absolute atomic E-state index is 11.8. The van der Waals surface area contributed by atoms with Crippen molar-refractivity contribution in [2.24, 2.45) is 0 Å². The van der Waals surface area contributed by atoms with Gasteiger partial charge in [0.1, 0.15) is 6.04 Å². The van der Waals surface area contributed by atoms with Crippen LogP contribution in [0.2, 0.25) is 0 Å². The van der Waals surface area contributed by atoms with Crippen LogP contribution in [0.25, 0.3) is 0 Å². The summed E-state index contributed by atoms with van der Waals surface area (Å²) in [7, 11) is -4.26. The van der Waals surface area contributed by atoms with E-state index in [4.69, 9.17) is 1.37 Å². The second-order valence-corrected chi connectivity index (χ2v) is 7.44. The Hall–Kier alpha value is -0.150. The largest absolute Gasteiger partial charge is 1.00 e. The van der Waals surface area contributed by atoms with Gasteiger partial charge in [0, 0.05) is 20.1 Å². The minimum absolute atomic E-state index is 0. The van der Waals surface area contributed by atoms with Crippen molar-refractivity contribution in [3.63, 3.8) is 0 Å². The second kappa shape index (κ2) is 16.1. The van der Waals surface area contributed by atoms with Gasteiger partial charge in [-0.3, -0.25) is 9.59 Å². The molecule has 2 amide bonds. The molecule has 0 saturated heterocycles. The fraction of sp³-hybridized carbons (Fsp3) is 0.875. The summed E-state index contributed by atoms with van der Waals surface area (Å²) in [4.78, 5) is 23.5. The van der Waals surface area contributed by atoms with Crippen LogP contribution in [0.15, 0.2) is 0 Å². The van der Waals surface area contributed by atoms with Crippen LogP contribution in [0.3, 0.4) is 0 Å². The predicted molar refractivity (Wildman–Crippen MR) is 92.4 cm³/mol. The van der Waals surface area contributed by atoms with Gasteiger partial charge in [-0.1, -0.05) is 45.4 Å². The number of unbranched alkanes of at least 4 members (excludes halogenated alkanes) is 6. The Morgan fingerprint density at radius 1 is 1.08 bits per heavy atom. The van der Waals surface area contributed by atoms with E-state index in [2.05, 4.69) is 10.6 Å². The van der Waals surface area contributed by atoms with Gasteiger partial charge in [0.25, 0.3) is 0 Å². The summed E-state index contributed by atoms with van der Waals surface area (Å²) >= 11 is 0. The van der Waals surface area contributed by atoms with Crippen molar-refractivity contribution in [3.8, 4) is 0 Å². The zero-order chi connectivity index (χ0) is 19.1. The number of rotatable bonds is 14. The van der Waals surface area contributed by atoms with Gasteiger partial charge < -0.3 is 15.2 Å². The van der Waals surface area contributed by atoms with Crippen molar-refractivity contribution in [2.75, 3.05) is 12.3 Å². The monoisotopic (exact) mass is 387 g/mol.